The van der Waals surface area contributed by atoms with E-state index in [9.17, 15) is 4.79 Å². The summed E-state index contributed by atoms with van der Waals surface area (Å²) in [6.45, 7) is 0. The van der Waals surface area contributed by atoms with Crippen LogP contribution < -0.4 is 5.32 Å². The van der Waals surface area contributed by atoms with Crippen LogP contribution in [-0.4, -0.2) is 10.8 Å². The molecule has 0 aliphatic carbocycles. The molecule has 0 aliphatic heterocycles. The van der Waals surface area contributed by atoms with Crippen molar-refractivity contribution in [3.8, 4) is 0 Å². The molecule has 2 rings (SSSR count). The Bertz CT molecular complexity index is 567. The van der Waals surface area contributed by atoms with Crippen molar-refractivity contribution in [2.24, 2.45) is 0 Å². The highest BCUT2D eigenvalue weighted by Gasteiger charge is 2.01. The average molecular weight is 259 g/mol. The number of anilines is 1. The molecule has 0 fully saturated rings. The van der Waals surface area contributed by atoms with Gasteiger partial charge < -0.3 is 5.32 Å². The number of rotatable bonds is 4. The van der Waals surface area contributed by atoms with E-state index >= 15 is 0 Å². The van der Waals surface area contributed by atoms with Crippen LogP contribution in [0.15, 0.2) is 60.9 Å². The minimum Gasteiger partial charge on any atom is -0.360 e. The molecule has 0 radical (unpaired) electrons. The first-order chi connectivity index (χ1) is 8.77. The number of carbonyl (C=O) groups is 1. The highest BCUT2D eigenvalue weighted by Crippen LogP contribution is 2.20. The first-order valence-corrected chi connectivity index (χ1v) is 5.78. The average Bonchev–Trinajstić information content (AvgIpc) is 2.42. The first-order valence-electron chi connectivity index (χ1n) is 5.40. The van der Waals surface area contributed by atoms with Crippen LogP contribution in [0.4, 0.5) is 5.69 Å². The molecule has 0 spiro atoms. The molecule has 18 heavy (non-hydrogen) atoms. The fourth-order valence-electron chi connectivity index (χ4n) is 1.38. The van der Waals surface area contributed by atoms with Gasteiger partial charge in [-0.15, -0.1) is 0 Å². The molecule has 4 heteroatoms. The van der Waals surface area contributed by atoms with E-state index < -0.39 is 0 Å². The number of para-hydroxylation sites is 1. The van der Waals surface area contributed by atoms with Crippen molar-refractivity contribution in [3.63, 3.8) is 0 Å². The lowest BCUT2D eigenvalue weighted by atomic mass is 10.2. The maximum atomic E-state index is 11.7. The van der Waals surface area contributed by atoms with Crippen molar-refractivity contribution in [2.45, 2.75) is 0 Å². The van der Waals surface area contributed by atoms with Gasteiger partial charge in [-0.2, -0.15) is 0 Å². The van der Waals surface area contributed by atoms with Gasteiger partial charge in [0.2, 0.25) is 5.78 Å². The summed E-state index contributed by atoms with van der Waals surface area (Å²) in [4.78, 5) is 15.7. The molecule has 0 unspecified atom stereocenters. The Kier molecular flexibility index (Phi) is 4.10. The van der Waals surface area contributed by atoms with E-state index in [2.05, 4.69) is 10.3 Å². The summed E-state index contributed by atoms with van der Waals surface area (Å²) < 4.78 is 0. The van der Waals surface area contributed by atoms with Crippen LogP contribution in [0.2, 0.25) is 5.02 Å². The quantitative estimate of drug-likeness (QED) is 0.674. The lowest BCUT2D eigenvalue weighted by Gasteiger charge is -2.02. The molecule has 3 nitrogen and oxygen atoms in total. The van der Waals surface area contributed by atoms with Crippen molar-refractivity contribution in [2.75, 3.05) is 5.32 Å². The molecule has 0 saturated carbocycles. The first kappa shape index (κ1) is 12.3. The third-order valence-electron chi connectivity index (χ3n) is 2.26. The molecular formula is C14H11ClN2O. The Balaban J connectivity index is 2.01. The third-order valence-corrected chi connectivity index (χ3v) is 2.59. The van der Waals surface area contributed by atoms with E-state index in [-0.39, 0.29) is 5.78 Å². The minimum absolute atomic E-state index is 0.157. The van der Waals surface area contributed by atoms with Crippen molar-refractivity contribution in [3.05, 3.63) is 71.7 Å². The van der Waals surface area contributed by atoms with Crippen LogP contribution in [-0.2, 0) is 0 Å². The number of hydrogen-bond donors (Lipinski definition) is 1. The summed E-state index contributed by atoms with van der Waals surface area (Å²) in [5.74, 6) is -0.157. The predicted octanol–water partition coefficient (Wildman–Crippen LogP) is 3.54. The van der Waals surface area contributed by atoms with Crippen molar-refractivity contribution < 1.29 is 4.79 Å². The molecule has 90 valence electrons. The van der Waals surface area contributed by atoms with Crippen LogP contribution >= 0.6 is 11.6 Å². The second kappa shape index (κ2) is 5.98. The smallest absolute Gasteiger partial charge is 0.205 e. The monoisotopic (exact) mass is 258 g/mol. The molecule has 0 aliphatic rings. The summed E-state index contributed by atoms with van der Waals surface area (Å²) in [7, 11) is 0. The minimum atomic E-state index is -0.157. The molecule has 0 saturated heterocycles. The second-order valence-corrected chi connectivity index (χ2v) is 3.94. The van der Waals surface area contributed by atoms with E-state index in [4.69, 9.17) is 11.6 Å². The number of hydrogen-bond acceptors (Lipinski definition) is 3. The standard InChI is InChI=1S/C14H11ClN2O/c15-11-5-1-2-6-12(11)17-10-8-14(18)13-7-3-4-9-16-13/h1-10,17H/b10-8-. The summed E-state index contributed by atoms with van der Waals surface area (Å²) in [5, 5.41) is 3.56. The Morgan fingerprint density at radius 3 is 2.67 bits per heavy atom. The number of pyridine rings is 1. The highest BCUT2D eigenvalue weighted by molar-refractivity contribution is 6.33. The molecule has 1 aromatic carbocycles. The number of nitrogens with zero attached hydrogens (tertiary/aromatic N) is 1. The zero-order valence-corrected chi connectivity index (χ0v) is 10.3. The Morgan fingerprint density at radius 1 is 1.17 bits per heavy atom. The van der Waals surface area contributed by atoms with Crippen LogP contribution in [0.25, 0.3) is 0 Å². The number of aromatic nitrogens is 1. The van der Waals surface area contributed by atoms with Gasteiger partial charge in [0.05, 0.1) is 10.7 Å². The SMILES string of the molecule is O=C(/C=C\Nc1ccccc1Cl)c1ccccn1. The number of nitrogens with one attached hydrogen (secondary N) is 1. The summed E-state index contributed by atoms with van der Waals surface area (Å²) in [5.41, 5.74) is 1.17. The molecule has 0 amide bonds. The van der Waals surface area contributed by atoms with Gasteiger partial charge in [-0.1, -0.05) is 29.8 Å². The second-order valence-electron chi connectivity index (χ2n) is 3.54. The summed E-state index contributed by atoms with van der Waals surface area (Å²) >= 11 is 5.96. The van der Waals surface area contributed by atoms with E-state index in [1.807, 2.05) is 18.2 Å². The zero-order chi connectivity index (χ0) is 12.8. The largest absolute Gasteiger partial charge is 0.360 e. The van der Waals surface area contributed by atoms with Gasteiger partial charge in [0.15, 0.2) is 0 Å². The predicted molar refractivity (Wildman–Crippen MR) is 72.8 cm³/mol. The van der Waals surface area contributed by atoms with Crippen molar-refractivity contribution in [1.82, 2.24) is 4.98 Å². The molecule has 1 N–H and O–H groups in total. The van der Waals surface area contributed by atoms with Crippen LogP contribution in [0, 0.1) is 0 Å². The van der Waals surface area contributed by atoms with Crippen LogP contribution in [0.1, 0.15) is 10.5 Å². The van der Waals surface area contributed by atoms with Gasteiger partial charge >= 0.3 is 0 Å². The van der Waals surface area contributed by atoms with Crippen molar-refractivity contribution in [1.29, 1.82) is 0 Å². The molecule has 0 atom stereocenters. The maximum Gasteiger partial charge on any atom is 0.205 e. The third kappa shape index (κ3) is 3.18. The normalized spacial score (nSPS) is 10.5. The fourth-order valence-corrected chi connectivity index (χ4v) is 1.57. The molecule has 1 aromatic heterocycles. The fraction of sp³-hybridized carbons (Fsp3) is 0. The van der Waals surface area contributed by atoms with Crippen LogP contribution in [0.3, 0.4) is 0 Å². The van der Waals surface area contributed by atoms with Gasteiger partial charge in [0.1, 0.15) is 5.69 Å². The molecule has 1 heterocycles. The Hall–Kier alpha value is -2.13. The Labute approximate surface area is 110 Å². The number of carbonyl (C=O) groups excluding carboxylic acids is 1. The van der Waals surface area contributed by atoms with Gasteiger partial charge in [-0.05, 0) is 24.3 Å². The maximum absolute atomic E-state index is 11.7. The van der Waals surface area contributed by atoms with E-state index in [0.717, 1.165) is 5.69 Å². The molecular weight excluding hydrogens is 248 g/mol. The van der Waals surface area contributed by atoms with Gasteiger partial charge in [0, 0.05) is 18.5 Å². The van der Waals surface area contributed by atoms with E-state index in [0.29, 0.717) is 10.7 Å². The van der Waals surface area contributed by atoms with Crippen LogP contribution in [0.5, 0.6) is 0 Å². The van der Waals surface area contributed by atoms with Gasteiger partial charge in [-0.3, -0.25) is 9.78 Å². The Morgan fingerprint density at radius 2 is 1.94 bits per heavy atom. The lowest BCUT2D eigenvalue weighted by Crippen LogP contribution is -1.98. The zero-order valence-electron chi connectivity index (χ0n) is 9.51. The lowest BCUT2D eigenvalue weighted by molar-refractivity contribution is 0.104. The van der Waals surface area contributed by atoms with Gasteiger partial charge in [0.25, 0.3) is 0 Å². The van der Waals surface area contributed by atoms with Crippen molar-refractivity contribution >= 4 is 23.1 Å². The molecule has 2 aromatic rings. The summed E-state index contributed by atoms with van der Waals surface area (Å²) in [6.07, 6.45) is 4.56. The number of allylic oxidation sites excluding steroid dienone is 1. The topological polar surface area (TPSA) is 42.0 Å². The summed E-state index contributed by atoms with van der Waals surface area (Å²) in [6, 6.07) is 12.5. The van der Waals surface area contributed by atoms with E-state index in [1.165, 1.54) is 6.08 Å². The van der Waals surface area contributed by atoms with E-state index in [1.54, 1.807) is 36.7 Å². The number of benzene rings is 1. The highest BCUT2D eigenvalue weighted by atomic mass is 35.5. The molecule has 0 bridgehead atoms. The van der Waals surface area contributed by atoms with Gasteiger partial charge in [-0.25, -0.2) is 0 Å². The number of ketones is 1. The number of halogens is 1.